The van der Waals surface area contributed by atoms with E-state index in [2.05, 4.69) is 75.9 Å². The van der Waals surface area contributed by atoms with Gasteiger partial charge < -0.3 is 15.5 Å². The average Bonchev–Trinajstić information content (AvgIpc) is 3.29. The highest BCUT2D eigenvalue weighted by atomic mass is 35.5. The number of nitrogens with zero attached hydrogens (tertiary/aromatic N) is 2. The number of carbonyl (C=O) groups is 3. The molecule has 8 nitrogen and oxygen atoms in total. The number of carboxylic acid groups (broad SMARTS) is 2. The number of benzene rings is 6. The van der Waals surface area contributed by atoms with E-state index in [0.717, 1.165) is 21.9 Å². The molecule has 1 aliphatic heterocycles. The fourth-order valence-electron chi connectivity index (χ4n) is 6.91. The normalized spacial score (nSPS) is 13.6. The Kier molecular flexibility index (Phi) is 9.61. The van der Waals surface area contributed by atoms with Crippen LogP contribution >= 0.6 is 11.6 Å². The number of rotatable bonds is 10. The van der Waals surface area contributed by atoms with Crippen LogP contribution in [0.1, 0.15) is 35.1 Å². The number of aliphatic imine (C=N–C) groups is 1. The van der Waals surface area contributed by atoms with Gasteiger partial charge in [-0.3, -0.25) is 19.5 Å². The van der Waals surface area contributed by atoms with Gasteiger partial charge in [0.2, 0.25) is 5.91 Å². The monoisotopic (exact) mass is 695 g/mol. The molecule has 1 amide bonds. The number of nitrogens with one attached hydrogen (secondary N) is 1. The number of amides is 1. The van der Waals surface area contributed by atoms with Crippen LogP contribution in [-0.2, 0) is 27.5 Å². The Balaban J connectivity index is 1.24. The van der Waals surface area contributed by atoms with Gasteiger partial charge in [0.1, 0.15) is 6.04 Å². The van der Waals surface area contributed by atoms with E-state index in [-0.39, 0.29) is 31.0 Å². The lowest BCUT2D eigenvalue weighted by molar-refractivity contribution is -0.139. The first-order valence-corrected chi connectivity index (χ1v) is 17.0. The second kappa shape index (κ2) is 14.6. The summed E-state index contributed by atoms with van der Waals surface area (Å²) in [5.74, 6) is -2.63. The molecule has 0 spiro atoms. The largest absolute Gasteiger partial charge is 0.481 e. The van der Waals surface area contributed by atoms with Crippen LogP contribution in [0.25, 0.3) is 32.7 Å². The predicted octanol–water partition coefficient (Wildman–Crippen LogP) is 8.42. The zero-order valence-electron chi connectivity index (χ0n) is 27.6. The lowest BCUT2D eigenvalue weighted by atomic mass is 9.88. The van der Waals surface area contributed by atoms with E-state index in [1.165, 1.54) is 21.9 Å². The number of hydrogen-bond donors (Lipinski definition) is 3. The van der Waals surface area contributed by atoms with Crippen molar-refractivity contribution in [2.45, 2.75) is 32.0 Å². The van der Waals surface area contributed by atoms with Gasteiger partial charge in [0.15, 0.2) is 0 Å². The number of carboxylic acids is 2. The van der Waals surface area contributed by atoms with E-state index in [0.29, 0.717) is 34.9 Å². The summed E-state index contributed by atoms with van der Waals surface area (Å²) in [6.07, 6.45) is -0.568. The molecule has 0 radical (unpaired) electrons. The molecular weight excluding hydrogens is 662 g/mol. The molecule has 6 aromatic carbocycles. The lowest BCUT2D eigenvalue weighted by Gasteiger charge is -2.22. The van der Waals surface area contributed by atoms with Crippen LogP contribution in [0.2, 0.25) is 5.02 Å². The highest BCUT2D eigenvalue weighted by Crippen LogP contribution is 2.42. The standard InChI is InChI=1S/C42H34ClN3O5/c43-31-18-19-35(34(22-31)41(28-10-2-1-3-11-28)45-36(42(50)51)20-21-38(48)49)44-37(47)25-46-23-29-16-14-26-8-4-6-12-32(26)39(29)40-30(24-46)17-15-27-9-5-7-13-33(27)40/h1-19,22,36H,20-21,23-25H2,(H,44,47)(H,48,49)(H,50,51)/t36-/m1/s1. The molecule has 0 saturated carbocycles. The third kappa shape index (κ3) is 7.24. The van der Waals surface area contributed by atoms with Crippen molar-refractivity contribution in [3.8, 4) is 11.1 Å². The van der Waals surface area contributed by atoms with Crippen molar-refractivity contribution in [3.05, 3.63) is 149 Å². The van der Waals surface area contributed by atoms with Gasteiger partial charge in [-0.2, -0.15) is 0 Å². The molecule has 1 atom stereocenters. The van der Waals surface area contributed by atoms with Crippen molar-refractivity contribution in [2.75, 3.05) is 11.9 Å². The molecule has 1 aliphatic rings. The first kappa shape index (κ1) is 33.7. The van der Waals surface area contributed by atoms with Crippen molar-refractivity contribution in [1.82, 2.24) is 4.90 Å². The average molecular weight is 696 g/mol. The number of halogens is 1. The van der Waals surface area contributed by atoms with Gasteiger partial charge in [-0.1, -0.05) is 115 Å². The van der Waals surface area contributed by atoms with Crippen LogP contribution in [0.15, 0.2) is 126 Å². The molecule has 0 aromatic heterocycles. The second-order valence-electron chi connectivity index (χ2n) is 12.7. The van der Waals surface area contributed by atoms with Gasteiger partial charge >= 0.3 is 11.9 Å². The van der Waals surface area contributed by atoms with E-state index < -0.39 is 18.0 Å². The van der Waals surface area contributed by atoms with Gasteiger partial charge in [-0.25, -0.2) is 4.79 Å². The van der Waals surface area contributed by atoms with Gasteiger partial charge in [0, 0.05) is 35.7 Å². The molecule has 1 heterocycles. The Morgan fingerprint density at radius 2 is 1.33 bits per heavy atom. The summed E-state index contributed by atoms with van der Waals surface area (Å²) in [5.41, 5.74) is 6.33. The third-order valence-corrected chi connectivity index (χ3v) is 9.43. The maximum Gasteiger partial charge on any atom is 0.328 e. The zero-order chi connectivity index (χ0) is 35.5. The third-order valence-electron chi connectivity index (χ3n) is 9.20. The maximum absolute atomic E-state index is 14.0. The molecular formula is C42H34ClN3O5. The molecule has 0 aliphatic carbocycles. The van der Waals surface area contributed by atoms with E-state index in [1.54, 1.807) is 42.5 Å². The van der Waals surface area contributed by atoms with E-state index in [9.17, 15) is 24.6 Å². The first-order chi connectivity index (χ1) is 24.7. The topological polar surface area (TPSA) is 119 Å². The summed E-state index contributed by atoms with van der Waals surface area (Å²) in [6.45, 7) is 1.17. The number of anilines is 1. The molecule has 6 aromatic rings. The number of fused-ring (bicyclic) bond motifs is 7. The molecule has 0 bridgehead atoms. The van der Waals surface area contributed by atoms with Crippen LogP contribution in [0.4, 0.5) is 5.69 Å². The Hall–Kier alpha value is -5.83. The highest BCUT2D eigenvalue weighted by molar-refractivity contribution is 6.31. The summed E-state index contributed by atoms with van der Waals surface area (Å²) < 4.78 is 0. The Labute approximate surface area is 299 Å². The van der Waals surface area contributed by atoms with Crippen molar-refractivity contribution in [3.63, 3.8) is 0 Å². The fraction of sp³-hybridized carbons (Fsp3) is 0.143. The number of hydrogen-bond acceptors (Lipinski definition) is 5. The number of aliphatic carboxylic acids is 2. The number of carbonyl (C=O) groups excluding carboxylic acids is 1. The van der Waals surface area contributed by atoms with Gasteiger partial charge in [-0.15, -0.1) is 0 Å². The Bertz CT molecular complexity index is 2250. The van der Waals surface area contributed by atoms with Crippen LogP contribution in [0.5, 0.6) is 0 Å². The van der Waals surface area contributed by atoms with Gasteiger partial charge in [0.05, 0.1) is 17.9 Å². The van der Waals surface area contributed by atoms with Gasteiger partial charge in [0.25, 0.3) is 0 Å². The van der Waals surface area contributed by atoms with Crippen molar-refractivity contribution >= 4 is 62.4 Å². The summed E-state index contributed by atoms with van der Waals surface area (Å²) in [6, 6.07) is 37.9. The summed E-state index contributed by atoms with van der Waals surface area (Å²) in [4.78, 5) is 44.1. The first-order valence-electron chi connectivity index (χ1n) is 16.7. The Morgan fingerprint density at radius 3 is 1.92 bits per heavy atom. The molecule has 9 heteroatoms. The molecule has 254 valence electrons. The smallest absolute Gasteiger partial charge is 0.328 e. The lowest BCUT2D eigenvalue weighted by Crippen LogP contribution is -2.32. The van der Waals surface area contributed by atoms with Crippen LogP contribution < -0.4 is 5.32 Å². The van der Waals surface area contributed by atoms with Crippen LogP contribution in [0.3, 0.4) is 0 Å². The van der Waals surface area contributed by atoms with E-state index in [1.807, 2.05) is 18.2 Å². The van der Waals surface area contributed by atoms with Gasteiger partial charge in [-0.05, 0) is 68.4 Å². The fourth-order valence-corrected chi connectivity index (χ4v) is 7.08. The SMILES string of the molecule is O=C(O)CC[C@@H](N=C(c1ccccc1)c1cc(Cl)ccc1NC(=O)CN1Cc2ccc3ccccc3c2-c2c(ccc3ccccc23)C1)C(=O)O. The van der Waals surface area contributed by atoms with Crippen LogP contribution in [-0.4, -0.2) is 51.3 Å². The highest BCUT2D eigenvalue weighted by Gasteiger charge is 2.26. The van der Waals surface area contributed by atoms with E-state index >= 15 is 0 Å². The quantitative estimate of drug-likeness (QED) is 0.124. The summed E-state index contributed by atoms with van der Waals surface area (Å²) in [7, 11) is 0. The minimum absolute atomic E-state index is 0.0782. The van der Waals surface area contributed by atoms with E-state index in [4.69, 9.17) is 11.6 Å². The van der Waals surface area contributed by atoms with Crippen molar-refractivity contribution in [1.29, 1.82) is 0 Å². The predicted molar refractivity (Wildman–Crippen MR) is 201 cm³/mol. The van der Waals surface area contributed by atoms with Crippen LogP contribution in [0, 0.1) is 0 Å². The maximum atomic E-state index is 14.0. The Morgan fingerprint density at radius 1 is 0.745 bits per heavy atom. The zero-order valence-corrected chi connectivity index (χ0v) is 28.3. The second-order valence-corrected chi connectivity index (χ2v) is 13.1. The summed E-state index contributed by atoms with van der Waals surface area (Å²) in [5, 5.41) is 27.3. The molecule has 0 unspecified atom stereocenters. The minimum atomic E-state index is -1.33. The summed E-state index contributed by atoms with van der Waals surface area (Å²) >= 11 is 6.47. The van der Waals surface area contributed by atoms with Crippen molar-refractivity contribution < 1.29 is 24.6 Å². The molecule has 0 fully saturated rings. The van der Waals surface area contributed by atoms with Crippen molar-refractivity contribution in [2.24, 2.45) is 4.99 Å². The minimum Gasteiger partial charge on any atom is -0.481 e. The molecule has 0 saturated heterocycles. The molecule has 7 rings (SSSR count). The molecule has 3 N–H and O–H groups in total. The molecule has 51 heavy (non-hydrogen) atoms.